The first kappa shape index (κ1) is 22.9. The lowest BCUT2D eigenvalue weighted by molar-refractivity contribution is -0.130. The van der Waals surface area contributed by atoms with Crippen molar-refractivity contribution in [3.8, 4) is 0 Å². The Morgan fingerprint density at radius 2 is 1.71 bits per heavy atom. The first-order valence-corrected chi connectivity index (χ1v) is 12.3. The number of nitrogens with zero attached hydrogens (tertiary/aromatic N) is 5. The van der Waals surface area contributed by atoms with E-state index in [4.69, 9.17) is 4.74 Å². The van der Waals surface area contributed by atoms with E-state index in [1.54, 1.807) is 24.3 Å². The summed E-state index contributed by atoms with van der Waals surface area (Å²) in [6, 6.07) is 14.4. The van der Waals surface area contributed by atoms with Gasteiger partial charge in [-0.1, -0.05) is 36.0 Å². The molecule has 180 valence electrons. The van der Waals surface area contributed by atoms with Gasteiger partial charge >= 0.3 is 5.97 Å². The quantitative estimate of drug-likeness (QED) is 0.312. The van der Waals surface area contributed by atoms with Gasteiger partial charge in [-0.25, -0.2) is 4.79 Å². The van der Waals surface area contributed by atoms with Crippen LogP contribution in [0.15, 0.2) is 53.7 Å². The minimum Gasteiger partial charge on any atom is -0.465 e. The van der Waals surface area contributed by atoms with Crippen LogP contribution in [0.3, 0.4) is 0 Å². The monoisotopic (exact) mass is 492 g/mol. The topological polar surface area (TPSA) is 111 Å². The van der Waals surface area contributed by atoms with Crippen LogP contribution in [-0.4, -0.2) is 67.8 Å². The predicted molar refractivity (Wildman–Crippen MR) is 131 cm³/mol. The summed E-state index contributed by atoms with van der Waals surface area (Å²) in [5, 5.41) is 11.9. The average molecular weight is 493 g/mol. The van der Waals surface area contributed by atoms with Crippen molar-refractivity contribution in [2.24, 2.45) is 0 Å². The van der Waals surface area contributed by atoms with Crippen LogP contribution in [0.25, 0.3) is 16.8 Å². The van der Waals surface area contributed by atoms with Gasteiger partial charge in [-0.2, -0.15) is 0 Å². The van der Waals surface area contributed by atoms with Crippen LogP contribution < -0.4 is 5.32 Å². The van der Waals surface area contributed by atoms with Crippen molar-refractivity contribution in [2.75, 3.05) is 31.3 Å². The van der Waals surface area contributed by atoms with Crippen molar-refractivity contribution >= 4 is 52.0 Å². The predicted octanol–water partition coefficient (Wildman–Crippen LogP) is 2.82. The van der Waals surface area contributed by atoms with Crippen LogP contribution in [0.4, 0.5) is 5.69 Å². The molecule has 35 heavy (non-hydrogen) atoms. The summed E-state index contributed by atoms with van der Waals surface area (Å²) in [4.78, 5) is 39.4. The smallest absolute Gasteiger partial charge is 0.339 e. The lowest BCUT2D eigenvalue weighted by atomic mass is 10.2. The lowest BCUT2D eigenvalue weighted by Gasteiger charge is -2.15. The van der Waals surface area contributed by atoms with Crippen LogP contribution in [0.1, 0.15) is 23.2 Å². The maximum atomic E-state index is 12.8. The fraction of sp³-hybridized carbons (Fsp3) is 0.292. The number of amides is 2. The van der Waals surface area contributed by atoms with Gasteiger partial charge < -0.3 is 15.0 Å². The van der Waals surface area contributed by atoms with Gasteiger partial charge in [0.25, 0.3) is 0 Å². The van der Waals surface area contributed by atoms with Crippen molar-refractivity contribution < 1.29 is 19.1 Å². The summed E-state index contributed by atoms with van der Waals surface area (Å²) < 4.78 is 8.53. The number of aromatic nitrogens is 4. The summed E-state index contributed by atoms with van der Waals surface area (Å²) in [5.74, 6) is -0.146. The van der Waals surface area contributed by atoms with E-state index < -0.39 is 5.97 Å². The number of benzene rings is 2. The van der Waals surface area contributed by atoms with E-state index in [-0.39, 0.29) is 29.7 Å². The molecule has 0 radical (unpaired) electrons. The minimum absolute atomic E-state index is 0.0581. The molecule has 1 N–H and O–H groups in total. The molecule has 11 heteroatoms. The maximum Gasteiger partial charge on any atom is 0.339 e. The van der Waals surface area contributed by atoms with Crippen LogP contribution in [-0.2, 0) is 20.9 Å². The first-order valence-electron chi connectivity index (χ1n) is 11.3. The summed E-state index contributed by atoms with van der Waals surface area (Å²) in [6.45, 7) is 1.76. The Balaban J connectivity index is 1.37. The summed E-state index contributed by atoms with van der Waals surface area (Å²) in [6.07, 6.45) is 2.07. The van der Waals surface area contributed by atoms with E-state index >= 15 is 0 Å². The number of ether oxygens (including phenoxy) is 1. The van der Waals surface area contributed by atoms with E-state index in [1.807, 2.05) is 38.1 Å². The molecule has 10 nitrogen and oxygen atoms in total. The van der Waals surface area contributed by atoms with Crippen LogP contribution in [0.5, 0.6) is 0 Å². The summed E-state index contributed by atoms with van der Waals surface area (Å²) in [5.41, 5.74) is 2.40. The number of fused-ring (bicyclic) bond motifs is 3. The fourth-order valence-corrected chi connectivity index (χ4v) is 5.02. The highest BCUT2D eigenvalue weighted by molar-refractivity contribution is 7.99. The van der Waals surface area contributed by atoms with E-state index in [2.05, 4.69) is 15.5 Å². The number of carbonyl (C=O) groups is 3. The minimum atomic E-state index is -0.524. The Labute approximate surface area is 205 Å². The van der Waals surface area contributed by atoms with Crippen LogP contribution in [0, 0.1) is 0 Å². The number of hydrogen-bond donors (Lipinski definition) is 1. The number of anilines is 1. The third-order valence-electron chi connectivity index (χ3n) is 5.96. The molecular formula is C24H24N6O4S. The highest BCUT2D eigenvalue weighted by Crippen LogP contribution is 2.26. The highest BCUT2D eigenvalue weighted by atomic mass is 32.2. The Bertz CT molecular complexity index is 1420. The number of rotatable bonds is 7. The molecule has 2 amide bonds. The zero-order valence-corrected chi connectivity index (χ0v) is 20.0. The average Bonchev–Trinajstić information content (AvgIpc) is 3.61. The number of carbonyl (C=O) groups excluding carboxylic acids is 3. The maximum absolute atomic E-state index is 12.8. The van der Waals surface area contributed by atoms with Crippen molar-refractivity contribution in [2.45, 2.75) is 24.5 Å². The normalized spacial score (nSPS) is 13.5. The molecular weight excluding hydrogens is 468 g/mol. The molecule has 0 saturated carbocycles. The van der Waals surface area contributed by atoms with Gasteiger partial charge in [-0.3, -0.25) is 18.6 Å². The number of para-hydroxylation sites is 3. The van der Waals surface area contributed by atoms with Crippen molar-refractivity contribution in [1.82, 2.24) is 24.1 Å². The summed E-state index contributed by atoms with van der Waals surface area (Å²) in [7, 11) is 1.29. The number of esters is 1. The Morgan fingerprint density at radius 3 is 2.49 bits per heavy atom. The zero-order chi connectivity index (χ0) is 24.4. The van der Waals surface area contributed by atoms with Gasteiger partial charge in [0, 0.05) is 13.1 Å². The molecule has 0 aliphatic carbocycles. The number of thioether (sulfide) groups is 1. The van der Waals surface area contributed by atoms with E-state index in [9.17, 15) is 14.4 Å². The second-order valence-corrected chi connectivity index (χ2v) is 9.10. The first-order chi connectivity index (χ1) is 17.1. The van der Waals surface area contributed by atoms with Gasteiger partial charge in [0.15, 0.2) is 5.16 Å². The molecule has 0 bridgehead atoms. The number of methoxy groups -OCH3 is 1. The van der Waals surface area contributed by atoms with Crippen molar-refractivity contribution in [3.63, 3.8) is 0 Å². The third-order valence-corrected chi connectivity index (χ3v) is 6.89. The van der Waals surface area contributed by atoms with Crippen LogP contribution >= 0.6 is 11.8 Å². The molecule has 0 unspecified atom stereocenters. The Kier molecular flexibility index (Phi) is 6.41. The molecule has 2 aromatic carbocycles. The van der Waals surface area contributed by atoms with E-state index in [1.165, 1.54) is 18.9 Å². The number of hydrogen-bond acceptors (Lipinski definition) is 7. The fourth-order valence-electron chi connectivity index (χ4n) is 4.28. The molecule has 1 saturated heterocycles. The molecule has 4 aromatic rings. The molecule has 2 aromatic heterocycles. The van der Waals surface area contributed by atoms with Gasteiger partial charge in [0.2, 0.25) is 17.6 Å². The van der Waals surface area contributed by atoms with Gasteiger partial charge in [-0.05, 0) is 37.1 Å². The van der Waals surface area contributed by atoms with E-state index in [0.29, 0.717) is 16.6 Å². The largest absolute Gasteiger partial charge is 0.465 e. The third kappa shape index (κ3) is 4.46. The van der Waals surface area contributed by atoms with Gasteiger partial charge in [0.05, 0.1) is 35.1 Å². The molecule has 1 aliphatic heterocycles. The highest BCUT2D eigenvalue weighted by Gasteiger charge is 2.23. The molecule has 0 spiro atoms. The molecule has 3 heterocycles. The standard InChI is InChI=1S/C24H24N6O4S/c1-34-22(33)16-8-2-3-9-17(16)25-20(31)15-35-24-27-26-23-29(14-21(32)28-12-6-7-13-28)18-10-4-5-11-19(18)30(23)24/h2-5,8-11H,6-7,12-15H2,1H3,(H,25,31). The molecule has 1 fully saturated rings. The summed E-state index contributed by atoms with van der Waals surface area (Å²) >= 11 is 1.23. The van der Waals surface area contributed by atoms with Gasteiger partial charge in [0.1, 0.15) is 6.54 Å². The molecule has 0 atom stereocenters. The lowest BCUT2D eigenvalue weighted by Crippen LogP contribution is -2.31. The number of likely N-dealkylation sites (tertiary alicyclic amines) is 1. The number of nitrogens with one attached hydrogen (secondary N) is 1. The number of imidazole rings is 1. The molecule has 1 aliphatic rings. The second kappa shape index (κ2) is 9.79. The van der Waals surface area contributed by atoms with Crippen molar-refractivity contribution in [3.05, 3.63) is 54.1 Å². The van der Waals surface area contributed by atoms with Gasteiger partial charge in [-0.15, -0.1) is 10.2 Å². The van der Waals surface area contributed by atoms with E-state index in [0.717, 1.165) is 37.0 Å². The molecule has 5 rings (SSSR count). The second-order valence-electron chi connectivity index (χ2n) is 8.15. The SMILES string of the molecule is COC(=O)c1ccccc1NC(=O)CSc1nnc2n(CC(=O)N3CCCC3)c3ccccc3n12. The Hall–Kier alpha value is -3.86. The van der Waals surface area contributed by atoms with Crippen molar-refractivity contribution in [1.29, 1.82) is 0 Å². The van der Waals surface area contributed by atoms with Crippen LogP contribution in [0.2, 0.25) is 0 Å². The zero-order valence-electron chi connectivity index (χ0n) is 19.1. The Morgan fingerprint density at radius 1 is 1.00 bits per heavy atom.